The first-order valence-electron chi connectivity index (χ1n) is 9.08. The summed E-state index contributed by atoms with van der Waals surface area (Å²) in [7, 11) is 0. The van der Waals surface area contributed by atoms with Crippen LogP contribution in [-0.4, -0.2) is 67.5 Å². The number of nitrogens with two attached hydrogens (primary N) is 1. The molecule has 0 aromatic rings. The first kappa shape index (κ1) is 23.8. The average Bonchev–Trinajstić information content (AvgIpc) is 2.49. The number of hydrogen-bond acceptors (Lipinski definition) is 6. The number of aliphatic hydroxyl groups excluding tert-OH is 2. The molecule has 0 saturated carbocycles. The Kier molecular flexibility index (Phi) is 12.0. The van der Waals surface area contributed by atoms with Gasteiger partial charge in [0.1, 0.15) is 6.10 Å². The molecule has 0 rings (SSSR count). The lowest BCUT2D eigenvalue weighted by Crippen LogP contribution is -2.47. The van der Waals surface area contributed by atoms with Crippen LogP contribution in [0.4, 0.5) is 0 Å². The van der Waals surface area contributed by atoms with E-state index in [2.05, 4.69) is 26.1 Å². The van der Waals surface area contributed by atoms with Crippen molar-refractivity contribution in [3.05, 3.63) is 0 Å². The Bertz CT molecular complexity index is 306. The Morgan fingerprint density at radius 2 is 1.67 bits per heavy atom. The van der Waals surface area contributed by atoms with Gasteiger partial charge in [0.05, 0.1) is 31.5 Å². The fourth-order valence-corrected chi connectivity index (χ4v) is 2.50. The van der Waals surface area contributed by atoms with Crippen molar-refractivity contribution in [3.63, 3.8) is 0 Å². The summed E-state index contributed by atoms with van der Waals surface area (Å²) in [6.45, 7) is 12.9. The maximum absolute atomic E-state index is 9.69. The molecular weight excluding hydrogens is 308 g/mol. The molecular formula is C18H40N2O4. The Labute approximate surface area is 148 Å². The van der Waals surface area contributed by atoms with Gasteiger partial charge in [-0.1, -0.05) is 20.8 Å². The SMILES string of the molecule is CC(C)(C)CC(CO)OC(CO)C(C)(C)OCCNCCCCN. The van der Waals surface area contributed by atoms with E-state index in [1.807, 2.05) is 13.8 Å². The number of ether oxygens (including phenoxy) is 2. The van der Waals surface area contributed by atoms with E-state index in [9.17, 15) is 10.2 Å². The molecule has 0 saturated heterocycles. The number of aliphatic hydroxyl groups is 2. The predicted molar refractivity (Wildman–Crippen MR) is 98.1 cm³/mol. The molecule has 0 aromatic carbocycles. The molecule has 2 unspecified atom stereocenters. The molecule has 0 aliphatic rings. The van der Waals surface area contributed by atoms with Crippen LogP contribution in [0.25, 0.3) is 0 Å². The third kappa shape index (κ3) is 11.3. The van der Waals surface area contributed by atoms with Crippen molar-refractivity contribution in [2.75, 3.05) is 39.5 Å². The van der Waals surface area contributed by atoms with Gasteiger partial charge in [0.2, 0.25) is 0 Å². The summed E-state index contributed by atoms with van der Waals surface area (Å²) in [5, 5.41) is 22.5. The number of hydrogen-bond donors (Lipinski definition) is 4. The second kappa shape index (κ2) is 12.2. The zero-order valence-electron chi connectivity index (χ0n) is 16.3. The van der Waals surface area contributed by atoms with Gasteiger partial charge < -0.3 is 30.7 Å². The third-order valence-electron chi connectivity index (χ3n) is 3.90. The quantitative estimate of drug-likeness (QED) is 0.353. The van der Waals surface area contributed by atoms with Gasteiger partial charge in [0.25, 0.3) is 0 Å². The molecule has 5 N–H and O–H groups in total. The monoisotopic (exact) mass is 348 g/mol. The first-order valence-corrected chi connectivity index (χ1v) is 9.08. The fraction of sp³-hybridized carbons (Fsp3) is 1.00. The zero-order valence-corrected chi connectivity index (χ0v) is 16.3. The summed E-state index contributed by atoms with van der Waals surface area (Å²) in [5.41, 5.74) is 4.88. The van der Waals surface area contributed by atoms with Crippen molar-refractivity contribution >= 4 is 0 Å². The lowest BCUT2D eigenvalue weighted by atomic mass is 9.89. The molecule has 0 spiro atoms. The molecule has 0 radical (unpaired) electrons. The van der Waals surface area contributed by atoms with Crippen molar-refractivity contribution in [1.29, 1.82) is 0 Å². The van der Waals surface area contributed by atoms with Gasteiger partial charge in [-0.2, -0.15) is 0 Å². The van der Waals surface area contributed by atoms with E-state index in [0.29, 0.717) is 6.61 Å². The van der Waals surface area contributed by atoms with Crippen LogP contribution in [0.3, 0.4) is 0 Å². The molecule has 0 amide bonds. The maximum Gasteiger partial charge on any atom is 0.109 e. The van der Waals surface area contributed by atoms with Crippen molar-refractivity contribution in [2.24, 2.45) is 11.1 Å². The van der Waals surface area contributed by atoms with Crippen molar-refractivity contribution < 1.29 is 19.7 Å². The van der Waals surface area contributed by atoms with Crippen LogP contribution >= 0.6 is 0 Å². The lowest BCUT2D eigenvalue weighted by Gasteiger charge is -2.36. The highest BCUT2D eigenvalue weighted by molar-refractivity contribution is 4.82. The highest BCUT2D eigenvalue weighted by atomic mass is 16.6. The fourth-order valence-electron chi connectivity index (χ4n) is 2.50. The van der Waals surface area contributed by atoms with Crippen LogP contribution in [-0.2, 0) is 9.47 Å². The van der Waals surface area contributed by atoms with Gasteiger partial charge in [-0.05, 0) is 51.6 Å². The molecule has 0 heterocycles. The first-order chi connectivity index (χ1) is 11.2. The smallest absolute Gasteiger partial charge is 0.109 e. The Morgan fingerprint density at radius 1 is 1.00 bits per heavy atom. The van der Waals surface area contributed by atoms with Crippen LogP contribution in [0, 0.1) is 5.41 Å². The van der Waals surface area contributed by atoms with Crippen molar-refractivity contribution in [3.8, 4) is 0 Å². The van der Waals surface area contributed by atoms with Crippen LogP contribution in [0.15, 0.2) is 0 Å². The average molecular weight is 349 g/mol. The van der Waals surface area contributed by atoms with Gasteiger partial charge in [-0.25, -0.2) is 0 Å². The van der Waals surface area contributed by atoms with Gasteiger partial charge in [-0.15, -0.1) is 0 Å². The van der Waals surface area contributed by atoms with E-state index in [1.165, 1.54) is 0 Å². The largest absolute Gasteiger partial charge is 0.394 e. The van der Waals surface area contributed by atoms with Gasteiger partial charge in [0.15, 0.2) is 0 Å². The van der Waals surface area contributed by atoms with Crippen LogP contribution in [0.1, 0.15) is 53.9 Å². The minimum atomic E-state index is -0.626. The molecule has 0 aliphatic heterocycles. The Morgan fingerprint density at radius 3 is 2.17 bits per heavy atom. The van der Waals surface area contributed by atoms with E-state index < -0.39 is 11.7 Å². The highest BCUT2D eigenvalue weighted by Gasteiger charge is 2.33. The van der Waals surface area contributed by atoms with E-state index in [1.54, 1.807) is 0 Å². The van der Waals surface area contributed by atoms with Crippen molar-refractivity contribution in [1.82, 2.24) is 5.32 Å². The van der Waals surface area contributed by atoms with Crippen LogP contribution in [0.2, 0.25) is 0 Å². The lowest BCUT2D eigenvalue weighted by molar-refractivity contribution is -0.172. The van der Waals surface area contributed by atoms with E-state index in [0.717, 1.165) is 38.9 Å². The summed E-state index contributed by atoms with van der Waals surface area (Å²) in [4.78, 5) is 0. The molecule has 146 valence electrons. The summed E-state index contributed by atoms with van der Waals surface area (Å²) < 4.78 is 11.9. The predicted octanol–water partition coefficient (Wildman–Crippen LogP) is 1.28. The summed E-state index contributed by atoms with van der Waals surface area (Å²) in [6, 6.07) is 0. The molecule has 0 fully saturated rings. The molecule has 6 nitrogen and oxygen atoms in total. The summed E-state index contributed by atoms with van der Waals surface area (Å²) >= 11 is 0. The number of nitrogens with one attached hydrogen (secondary N) is 1. The normalized spacial score (nSPS) is 15.5. The van der Waals surface area contributed by atoms with Crippen LogP contribution < -0.4 is 11.1 Å². The summed E-state index contributed by atoms with van der Waals surface area (Å²) in [5.74, 6) is 0. The second-order valence-electron chi connectivity index (χ2n) is 8.07. The van der Waals surface area contributed by atoms with Gasteiger partial charge in [0, 0.05) is 6.54 Å². The van der Waals surface area contributed by atoms with Gasteiger partial charge in [-0.3, -0.25) is 0 Å². The van der Waals surface area contributed by atoms with E-state index in [4.69, 9.17) is 15.2 Å². The minimum absolute atomic E-state index is 0.0475. The minimum Gasteiger partial charge on any atom is -0.394 e. The van der Waals surface area contributed by atoms with Crippen LogP contribution in [0.5, 0.6) is 0 Å². The molecule has 2 atom stereocenters. The second-order valence-corrected chi connectivity index (χ2v) is 8.07. The van der Waals surface area contributed by atoms with E-state index in [-0.39, 0.29) is 24.7 Å². The van der Waals surface area contributed by atoms with E-state index >= 15 is 0 Å². The number of unbranched alkanes of at least 4 members (excludes halogenated alkanes) is 1. The summed E-state index contributed by atoms with van der Waals surface area (Å²) in [6.07, 6.45) is 2.02. The molecule has 0 aromatic heterocycles. The third-order valence-corrected chi connectivity index (χ3v) is 3.90. The number of rotatable bonds is 14. The molecule has 0 aliphatic carbocycles. The molecule has 6 heteroatoms. The van der Waals surface area contributed by atoms with Crippen molar-refractivity contribution in [2.45, 2.75) is 71.7 Å². The maximum atomic E-state index is 9.69. The zero-order chi connectivity index (χ0) is 18.6. The Hall–Kier alpha value is -0.240. The highest BCUT2D eigenvalue weighted by Crippen LogP contribution is 2.26. The molecule has 0 bridgehead atoms. The Balaban J connectivity index is 4.29. The molecule has 24 heavy (non-hydrogen) atoms. The topological polar surface area (TPSA) is 97.0 Å². The van der Waals surface area contributed by atoms with Gasteiger partial charge >= 0.3 is 0 Å². The standard InChI is InChI=1S/C18H40N2O4/c1-17(2,3)12-15(13-21)24-16(14-22)18(4,5)23-11-10-20-9-7-6-8-19/h15-16,20-22H,6-14,19H2,1-5H3.